The lowest BCUT2D eigenvalue weighted by Crippen LogP contribution is -2.38. The molecule has 2 fully saturated rings. The molecule has 2 aliphatic carbocycles. The number of carboxylic acids is 1. The van der Waals surface area contributed by atoms with Crippen molar-refractivity contribution in [2.24, 2.45) is 23.7 Å². The Hall–Kier alpha value is -2.09. The standard InChI is InChI=1S/C23H23Cl2NO5S/c1-10(2)31-23(30)19-15(14-6-5-13(24)8-16(14)25)9-32-21(19)26-20(27)17-11-3-4-12(7-11)18(17)22(28)29/h5-6,8-12,17-18H,3-4,7H2,1-2H3,(H,26,27)(H,28,29)/t11-,12-,17-,18-/m0/s1. The molecule has 170 valence electrons. The minimum atomic E-state index is -0.934. The zero-order valence-corrected chi connectivity index (χ0v) is 19.9. The van der Waals surface area contributed by atoms with Crippen molar-refractivity contribution >= 4 is 57.4 Å². The molecule has 2 N–H and O–H groups in total. The fraction of sp³-hybridized carbons (Fsp3) is 0.435. The number of halogens is 2. The smallest absolute Gasteiger partial charge is 0.342 e. The van der Waals surface area contributed by atoms with Crippen LogP contribution in [0.4, 0.5) is 5.00 Å². The van der Waals surface area contributed by atoms with Gasteiger partial charge in [0, 0.05) is 26.6 Å². The van der Waals surface area contributed by atoms with Crippen LogP contribution in [-0.2, 0) is 14.3 Å². The molecule has 0 radical (unpaired) electrons. The molecule has 2 saturated carbocycles. The fourth-order valence-electron chi connectivity index (χ4n) is 5.05. The number of aliphatic carboxylic acids is 1. The average Bonchev–Trinajstić information content (AvgIpc) is 3.41. The summed E-state index contributed by atoms with van der Waals surface area (Å²) in [5, 5.41) is 15.4. The number of thiophene rings is 1. The molecule has 0 aliphatic heterocycles. The number of amides is 1. The third-order valence-electron chi connectivity index (χ3n) is 6.30. The van der Waals surface area contributed by atoms with E-state index < -0.39 is 23.8 Å². The van der Waals surface area contributed by atoms with Crippen LogP contribution in [0.5, 0.6) is 0 Å². The minimum Gasteiger partial charge on any atom is -0.481 e. The Balaban J connectivity index is 1.69. The number of rotatable bonds is 6. The van der Waals surface area contributed by atoms with Crippen LogP contribution in [0.2, 0.25) is 10.0 Å². The predicted molar refractivity (Wildman–Crippen MR) is 124 cm³/mol. The van der Waals surface area contributed by atoms with Crippen LogP contribution in [0.15, 0.2) is 23.6 Å². The topological polar surface area (TPSA) is 92.7 Å². The van der Waals surface area contributed by atoms with E-state index in [1.807, 2.05) is 0 Å². The second kappa shape index (κ2) is 9.04. The zero-order chi connectivity index (χ0) is 23.2. The molecule has 0 spiro atoms. The van der Waals surface area contributed by atoms with Crippen molar-refractivity contribution < 1.29 is 24.2 Å². The molecule has 6 nitrogen and oxygen atoms in total. The molecule has 0 unspecified atom stereocenters. The van der Waals surface area contributed by atoms with Gasteiger partial charge < -0.3 is 15.2 Å². The maximum absolute atomic E-state index is 13.2. The molecule has 4 atom stereocenters. The summed E-state index contributed by atoms with van der Waals surface area (Å²) in [6.45, 7) is 3.48. The van der Waals surface area contributed by atoms with Crippen LogP contribution >= 0.6 is 34.5 Å². The number of hydrogen-bond donors (Lipinski definition) is 2. The number of benzene rings is 1. The Kier molecular flexibility index (Phi) is 6.52. The van der Waals surface area contributed by atoms with Gasteiger partial charge in [-0.2, -0.15) is 0 Å². The highest BCUT2D eigenvalue weighted by Crippen LogP contribution is 2.53. The first-order valence-electron chi connectivity index (χ1n) is 10.5. The number of carbonyl (C=O) groups excluding carboxylic acids is 2. The van der Waals surface area contributed by atoms with E-state index in [1.165, 1.54) is 11.3 Å². The molecule has 1 amide bonds. The van der Waals surface area contributed by atoms with Crippen molar-refractivity contribution in [2.45, 2.75) is 39.2 Å². The summed E-state index contributed by atoms with van der Waals surface area (Å²) in [6.07, 6.45) is 2.09. The first-order chi connectivity index (χ1) is 15.2. The molecular formula is C23H23Cl2NO5S. The molecule has 2 aromatic rings. The van der Waals surface area contributed by atoms with Gasteiger partial charge in [0.2, 0.25) is 5.91 Å². The third kappa shape index (κ3) is 4.26. The van der Waals surface area contributed by atoms with E-state index in [4.69, 9.17) is 27.9 Å². The Labute approximate surface area is 199 Å². The number of esters is 1. The molecule has 0 saturated heterocycles. The number of carboxylic acid groups (broad SMARTS) is 1. The molecule has 2 aliphatic rings. The molecule has 9 heteroatoms. The Morgan fingerprint density at radius 3 is 2.44 bits per heavy atom. The number of nitrogens with one attached hydrogen (secondary N) is 1. The van der Waals surface area contributed by atoms with Crippen molar-refractivity contribution in [3.63, 3.8) is 0 Å². The van der Waals surface area contributed by atoms with Gasteiger partial charge in [-0.15, -0.1) is 11.3 Å². The second-order valence-corrected chi connectivity index (χ2v) is 10.4. The van der Waals surface area contributed by atoms with Crippen LogP contribution < -0.4 is 5.32 Å². The Bertz CT molecular complexity index is 1080. The van der Waals surface area contributed by atoms with E-state index >= 15 is 0 Å². The van der Waals surface area contributed by atoms with E-state index in [9.17, 15) is 19.5 Å². The van der Waals surface area contributed by atoms with Gasteiger partial charge in [-0.3, -0.25) is 9.59 Å². The molecule has 1 aromatic heterocycles. The number of fused-ring (bicyclic) bond motifs is 2. The summed E-state index contributed by atoms with van der Waals surface area (Å²) in [5.74, 6) is -3.09. The van der Waals surface area contributed by atoms with E-state index in [2.05, 4.69) is 5.32 Å². The highest BCUT2D eigenvalue weighted by Gasteiger charge is 2.54. The Morgan fingerprint density at radius 1 is 1.12 bits per heavy atom. The number of anilines is 1. The first-order valence-corrected chi connectivity index (χ1v) is 12.1. The minimum absolute atomic E-state index is 0.0328. The predicted octanol–water partition coefficient (Wildman–Crippen LogP) is 5.97. The van der Waals surface area contributed by atoms with Crippen molar-refractivity contribution in [3.05, 3.63) is 39.2 Å². The molecule has 1 heterocycles. The largest absolute Gasteiger partial charge is 0.481 e. The molecular weight excluding hydrogens is 473 g/mol. The zero-order valence-electron chi connectivity index (χ0n) is 17.6. The van der Waals surface area contributed by atoms with Gasteiger partial charge in [0.25, 0.3) is 0 Å². The van der Waals surface area contributed by atoms with Gasteiger partial charge in [-0.25, -0.2) is 4.79 Å². The van der Waals surface area contributed by atoms with Crippen LogP contribution in [0.1, 0.15) is 43.5 Å². The maximum Gasteiger partial charge on any atom is 0.342 e. The van der Waals surface area contributed by atoms with Crippen LogP contribution in [0, 0.1) is 23.7 Å². The van der Waals surface area contributed by atoms with Gasteiger partial charge in [0.05, 0.1) is 17.9 Å². The average molecular weight is 496 g/mol. The van der Waals surface area contributed by atoms with Crippen LogP contribution in [0.25, 0.3) is 11.1 Å². The monoisotopic (exact) mass is 495 g/mol. The summed E-state index contributed by atoms with van der Waals surface area (Å²) in [4.78, 5) is 38.0. The maximum atomic E-state index is 13.2. The van der Waals surface area contributed by atoms with Crippen molar-refractivity contribution in [3.8, 4) is 11.1 Å². The normalized spacial score (nSPS) is 24.0. The highest BCUT2D eigenvalue weighted by atomic mass is 35.5. The summed E-state index contributed by atoms with van der Waals surface area (Å²) >= 11 is 13.6. The summed E-state index contributed by atoms with van der Waals surface area (Å²) in [7, 11) is 0. The van der Waals surface area contributed by atoms with E-state index in [1.54, 1.807) is 37.4 Å². The summed E-state index contributed by atoms with van der Waals surface area (Å²) < 4.78 is 5.43. The lowest BCUT2D eigenvalue weighted by molar-refractivity contribution is -0.148. The molecule has 32 heavy (non-hydrogen) atoms. The summed E-state index contributed by atoms with van der Waals surface area (Å²) in [5.41, 5.74) is 1.32. The van der Waals surface area contributed by atoms with Gasteiger partial charge in [-0.05, 0) is 57.1 Å². The first kappa shape index (κ1) is 23.1. The SMILES string of the molecule is CC(C)OC(=O)c1c(-c2ccc(Cl)cc2Cl)csc1NC(=O)[C@H]1[C@H]2CC[C@@H](C2)[C@@H]1C(=O)O. The molecule has 4 rings (SSSR count). The fourth-order valence-corrected chi connectivity index (χ4v) is 6.51. The summed E-state index contributed by atoms with van der Waals surface area (Å²) in [6, 6.07) is 4.96. The van der Waals surface area contributed by atoms with Gasteiger partial charge in [-0.1, -0.05) is 29.3 Å². The van der Waals surface area contributed by atoms with Crippen molar-refractivity contribution in [2.75, 3.05) is 5.32 Å². The molecule has 2 bridgehead atoms. The van der Waals surface area contributed by atoms with Crippen LogP contribution in [-0.4, -0.2) is 29.1 Å². The van der Waals surface area contributed by atoms with Gasteiger partial charge >= 0.3 is 11.9 Å². The second-order valence-electron chi connectivity index (χ2n) is 8.64. The molecule has 1 aromatic carbocycles. The lowest BCUT2D eigenvalue weighted by Gasteiger charge is -2.27. The number of ether oxygens (including phenoxy) is 1. The van der Waals surface area contributed by atoms with E-state index in [-0.39, 0.29) is 29.4 Å². The number of carbonyl (C=O) groups is 3. The van der Waals surface area contributed by atoms with E-state index in [0.717, 1.165) is 19.3 Å². The van der Waals surface area contributed by atoms with Crippen molar-refractivity contribution in [1.29, 1.82) is 0 Å². The Morgan fingerprint density at radius 2 is 1.81 bits per heavy atom. The van der Waals surface area contributed by atoms with Gasteiger partial charge in [0.15, 0.2) is 0 Å². The quantitative estimate of drug-likeness (QED) is 0.481. The van der Waals surface area contributed by atoms with Crippen LogP contribution in [0.3, 0.4) is 0 Å². The number of hydrogen-bond acceptors (Lipinski definition) is 5. The van der Waals surface area contributed by atoms with Gasteiger partial charge in [0.1, 0.15) is 10.6 Å². The van der Waals surface area contributed by atoms with E-state index in [0.29, 0.717) is 26.2 Å². The lowest BCUT2D eigenvalue weighted by atomic mass is 9.78. The highest BCUT2D eigenvalue weighted by molar-refractivity contribution is 7.15. The third-order valence-corrected chi connectivity index (χ3v) is 7.74. The van der Waals surface area contributed by atoms with Crippen molar-refractivity contribution in [1.82, 2.24) is 0 Å².